The second kappa shape index (κ2) is 1.67. The minimum absolute atomic E-state index is 1.18. The zero-order valence-electron chi connectivity index (χ0n) is 3.98. The van der Waals surface area contributed by atoms with Crippen molar-refractivity contribution < 1.29 is 13.2 Å². The standard InChI is InChI=1S/C2HF3N4/c3-2(4,5)1-6-8-9-7-1/h(H,6,7,8)/q+1. The van der Waals surface area contributed by atoms with Crippen molar-refractivity contribution in [2.75, 3.05) is 0 Å². The molecule has 7 heteroatoms. The van der Waals surface area contributed by atoms with Gasteiger partial charge in [-0.2, -0.15) is 13.2 Å². The van der Waals surface area contributed by atoms with E-state index in [1.54, 1.807) is 5.43 Å². The first kappa shape index (κ1) is 5.99. The maximum absolute atomic E-state index is 11.4. The molecule has 0 aliphatic carbocycles. The number of nitrogens with one attached hydrogen (secondary N) is 1. The van der Waals surface area contributed by atoms with Gasteiger partial charge in [-0.3, -0.25) is 0 Å². The molecule has 1 heterocycles. The van der Waals surface area contributed by atoms with E-state index in [1.165, 1.54) is 0 Å². The Morgan fingerprint density at radius 2 is 2.11 bits per heavy atom. The molecule has 49 valence electrons. The molecule has 0 aromatic carbocycles. The van der Waals surface area contributed by atoms with Gasteiger partial charge in [0, 0.05) is 0 Å². The van der Waals surface area contributed by atoms with Crippen LogP contribution in [0.15, 0.2) is 10.3 Å². The lowest BCUT2D eigenvalue weighted by Gasteiger charge is -1.94. The Hall–Kier alpha value is -1.14. The number of rotatable bonds is 0. The van der Waals surface area contributed by atoms with E-state index in [0.717, 1.165) is 0 Å². The van der Waals surface area contributed by atoms with Gasteiger partial charge < -0.3 is 0 Å². The zero-order chi connectivity index (χ0) is 6.91. The Kier molecular flexibility index (Phi) is 1.11. The highest BCUT2D eigenvalue weighted by molar-refractivity contribution is 5.87. The summed E-state index contributed by atoms with van der Waals surface area (Å²) in [6.07, 6.45) is -4.47. The maximum atomic E-state index is 11.4. The van der Waals surface area contributed by atoms with Gasteiger partial charge in [0.25, 0.3) is 0 Å². The summed E-state index contributed by atoms with van der Waals surface area (Å²) in [5, 5.41) is 8.14. The number of amidine groups is 1. The van der Waals surface area contributed by atoms with E-state index in [-0.39, 0.29) is 0 Å². The van der Waals surface area contributed by atoms with Gasteiger partial charge in [0.2, 0.25) is 5.22 Å². The van der Waals surface area contributed by atoms with Crippen LogP contribution in [0.3, 0.4) is 0 Å². The number of hydrogen-bond acceptors (Lipinski definition) is 4. The van der Waals surface area contributed by atoms with Crippen molar-refractivity contribution in [3.63, 3.8) is 0 Å². The Labute approximate surface area is 47.4 Å². The van der Waals surface area contributed by atoms with Crippen molar-refractivity contribution in [1.82, 2.24) is 10.6 Å². The Morgan fingerprint density at radius 3 is 2.33 bits per heavy atom. The largest absolute Gasteiger partial charge is 0.481 e. The van der Waals surface area contributed by atoms with Gasteiger partial charge in [-0.05, 0) is 0 Å². The molecule has 0 spiro atoms. The van der Waals surface area contributed by atoms with Gasteiger partial charge in [0.15, 0.2) is 5.22 Å². The van der Waals surface area contributed by atoms with Gasteiger partial charge in [0.1, 0.15) is 5.10 Å². The molecule has 0 amide bonds. The first-order chi connectivity index (χ1) is 4.11. The van der Waals surface area contributed by atoms with Crippen LogP contribution >= 0.6 is 0 Å². The van der Waals surface area contributed by atoms with E-state index in [0.29, 0.717) is 0 Å². The molecule has 1 radical (unpaired) electrons. The molecule has 1 aliphatic heterocycles. The van der Waals surface area contributed by atoms with E-state index in [4.69, 9.17) is 0 Å². The Bertz CT molecular complexity index is 167. The predicted octanol–water partition coefficient (Wildman–Crippen LogP) is 0.168. The molecule has 0 aromatic heterocycles. The van der Waals surface area contributed by atoms with Crippen LogP contribution in [0.5, 0.6) is 0 Å². The quantitative estimate of drug-likeness (QED) is 0.509. The van der Waals surface area contributed by atoms with Crippen LogP contribution in [0.1, 0.15) is 0 Å². The summed E-state index contributed by atoms with van der Waals surface area (Å²) in [6, 6.07) is 0. The highest BCUT2D eigenvalue weighted by Gasteiger charge is 2.45. The zero-order valence-corrected chi connectivity index (χ0v) is 3.98. The first-order valence-electron chi connectivity index (χ1n) is 1.91. The average molecular weight is 138 g/mol. The molecule has 0 saturated heterocycles. The molecule has 0 unspecified atom stereocenters. The highest BCUT2D eigenvalue weighted by Crippen LogP contribution is 2.16. The number of halogens is 3. The second-order valence-electron chi connectivity index (χ2n) is 1.25. The van der Waals surface area contributed by atoms with Crippen molar-refractivity contribution in [3.8, 4) is 0 Å². The number of hydrogen-bond donors (Lipinski definition) is 1. The summed E-state index contributed by atoms with van der Waals surface area (Å²) < 4.78 is 34.3. The Balaban J connectivity index is 2.66. The predicted molar refractivity (Wildman–Crippen MR) is 21.2 cm³/mol. The van der Waals surface area contributed by atoms with Crippen molar-refractivity contribution in [2.24, 2.45) is 10.3 Å². The van der Waals surface area contributed by atoms with Crippen molar-refractivity contribution >= 4 is 5.84 Å². The first-order valence-corrected chi connectivity index (χ1v) is 1.91. The van der Waals surface area contributed by atoms with Crippen LogP contribution in [0.4, 0.5) is 13.2 Å². The summed E-state index contributed by atoms with van der Waals surface area (Å²) >= 11 is 0. The number of nitrogens with zero attached hydrogens (tertiary/aromatic N) is 3. The fourth-order valence-corrected chi connectivity index (χ4v) is 0.279. The SMILES string of the molecule is FC(F)(F)C1=NN=[N+]N1. The molecule has 0 fully saturated rings. The lowest BCUT2D eigenvalue weighted by molar-refractivity contribution is -0.0615. The normalized spacial score (nSPS) is 17.4. The molecular formula is C2HF3N4+. The maximum Gasteiger partial charge on any atom is 0.481 e. The fourth-order valence-electron chi connectivity index (χ4n) is 0.279. The van der Waals surface area contributed by atoms with Crippen LogP contribution in [-0.2, 0) is 0 Å². The molecule has 9 heavy (non-hydrogen) atoms. The summed E-state index contributed by atoms with van der Waals surface area (Å²) in [5.74, 6) is -1.18. The third kappa shape index (κ3) is 1.15. The lowest BCUT2D eigenvalue weighted by atomic mass is 10.6. The average Bonchev–Trinajstić information content (AvgIpc) is 2.08. The smallest absolute Gasteiger partial charge is 0.161 e. The van der Waals surface area contributed by atoms with Gasteiger partial charge in [-0.25, -0.2) is 0 Å². The van der Waals surface area contributed by atoms with Crippen LogP contribution in [-0.4, -0.2) is 12.0 Å². The van der Waals surface area contributed by atoms with Gasteiger partial charge in [0.05, 0.1) is 0 Å². The van der Waals surface area contributed by atoms with Crippen molar-refractivity contribution in [2.45, 2.75) is 6.18 Å². The second-order valence-corrected chi connectivity index (χ2v) is 1.25. The van der Waals surface area contributed by atoms with Gasteiger partial charge >= 0.3 is 12.0 Å². The third-order valence-electron chi connectivity index (χ3n) is 0.614. The summed E-state index contributed by atoms with van der Waals surface area (Å²) in [4.78, 5) is 0. The summed E-state index contributed by atoms with van der Waals surface area (Å²) in [5.41, 5.74) is 1.58. The van der Waals surface area contributed by atoms with Crippen molar-refractivity contribution in [1.29, 1.82) is 0 Å². The Morgan fingerprint density at radius 1 is 1.44 bits per heavy atom. The highest BCUT2D eigenvalue weighted by atomic mass is 19.4. The monoisotopic (exact) mass is 138 g/mol. The van der Waals surface area contributed by atoms with E-state index in [9.17, 15) is 13.2 Å². The molecule has 1 aliphatic rings. The fraction of sp³-hybridized carbons (Fsp3) is 0.500. The minimum atomic E-state index is -4.47. The molecule has 0 bridgehead atoms. The van der Waals surface area contributed by atoms with E-state index >= 15 is 0 Å². The molecule has 0 saturated carbocycles. The molecule has 0 aromatic rings. The topological polar surface area (TPSA) is 50.9 Å². The van der Waals surface area contributed by atoms with Crippen molar-refractivity contribution in [3.05, 3.63) is 0 Å². The molecule has 1 rings (SSSR count). The molecular weight excluding hydrogens is 137 g/mol. The van der Waals surface area contributed by atoms with Crippen LogP contribution in [0.2, 0.25) is 0 Å². The molecule has 4 nitrogen and oxygen atoms in total. The third-order valence-corrected chi connectivity index (χ3v) is 0.614. The van der Waals surface area contributed by atoms with E-state index < -0.39 is 12.0 Å². The van der Waals surface area contributed by atoms with E-state index in [1.807, 2.05) is 0 Å². The van der Waals surface area contributed by atoms with Gasteiger partial charge in [-0.15, -0.1) is 5.43 Å². The van der Waals surface area contributed by atoms with Crippen LogP contribution in [0.25, 0.3) is 0 Å². The van der Waals surface area contributed by atoms with Gasteiger partial charge in [-0.1, -0.05) is 0 Å². The molecule has 1 N–H and O–H groups in total. The van der Waals surface area contributed by atoms with Crippen LogP contribution in [0, 0.1) is 0 Å². The number of alkyl halides is 3. The van der Waals surface area contributed by atoms with Crippen LogP contribution < -0.4 is 10.6 Å². The molecule has 0 atom stereocenters. The summed E-state index contributed by atoms with van der Waals surface area (Å²) in [6.45, 7) is 0. The summed E-state index contributed by atoms with van der Waals surface area (Å²) in [7, 11) is 0. The lowest BCUT2D eigenvalue weighted by Crippen LogP contribution is -2.34. The van der Waals surface area contributed by atoms with E-state index in [2.05, 4.69) is 15.5 Å². The minimum Gasteiger partial charge on any atom is -0.161 e.